The van der Waals surface area contributed by atoms with Crippen molar-refractivity contribution in [2.24, 2.45) is 10.2 Å². The molecule has 0 unspecified atom stereocenters. The molecule has 5 heteroatoms. The fourth-order valence-corrected chi connectivity index (χ4v) is 2.38. The summed E-state index contributed by atoms with van der Waals surface area (Å²) < 4.78 is 1.16. The molecule has 0 saturated heterocycles. The molecule has 0 saturated carbocycles. The van der Waals surface area contributed by atoms with E-state index in [1.807, 2.05) is 30.3 Å². The number of hydrogen-bond acceptors (Lipinski definition) is 3. The maximum Gasteiger partial charge on any atom is 0.144 e. The average Bonchev–Trinajstić information content (AvgIpc) is 2.34. The Morgan fingerprint density at radius 3 is 1.94 bits per heavy atom. The number of benzene rings is 2. The first-order valence-electron chi connectivity index (χ1n) is 4.81. The molecule has 0 atom stereocenters. The molecule has 3 nitrogen and oxygen atoms in total. The van der Waals surface area contributed by atoms with E-state index >= 15 is 0 Å². The number of aromatic hydroxyl groups is 1. The molecule has 0 fully saturated rings. The summed E-state index contributed by atoms with van der Waals surface area (Å²) in [4.78, 5) is 0. The Balaban J connectivity index is 2.28. The largest absolute Gasteiger partial charge is 0.506 e. The Labute approximate surface area is 115 Å². The predicted octanol–water partition coefficient (Wildman–Crippen LogP) is 5.33. The average molecular weight is 356 g/mol. The highest BCUT2D eigenvalue weighted by molar-refractivity contribution is 9.11. The summed E-state index contributed by atoms with van der Waals surface area (Å²) >= 11 is 6.48. The zero-order valence-electron chi connectivity index (χ0n) is 8.64. The maximum absolute atomic E-state index is 9.55. The van der Waals surface area contributed by atoms with Gasteiger partial charge in [-0.1, -0.05) is 18.2 Å². The van der Waals surface area contributed by atoms with Crippen LogP contribution in [0.15, 0.2) is 61.6 Å². The minimum atomic E-state index is 0.156. The molecule has 0 bridgehead atoms. The van der Waals surface area contributed by atoms with Crippen LogP contribution in [-0.2, 0) is 0 Å². The van der Waals surface area contributed by atoms with Crippen molar-refractivity contribution in [3.8, 4) is 5.75 Å². The third-order valence-electron chi connectivity index (χ3n) is 2.04. The number of halogens is 2. The van der Waals surface area contributed by atoms with E-state index in [4.69, 9.17) is 0 Å². The molecule has 17 heavy (non-hydrogen) atoms. The summed E-state index contributed by atoms with van der Waals surface area (Å²) in [5.41, 5.74) is 1.44. The third kappa shape index (κ3) is 3.14. The molecular weight excluding hydrogens is 348 g/mol. The van der Waals surface area contributed by atoms with Crippen molar-refractivity contribution in [2.45, 2.75) is 0 Å². The van der Waals surface area contributed by atoms with E-state index in [1.54, 1.807) is 12.1 Å². The molecule has 0 heterocycles. The van der Waals surface area contributed by atoms with Gasteiger partial charge in [-0.15, -0.1) is 0 Å². The second-order valence-corrected chi connectivity index (χ2v) is 5.00. The fourth-order valence-electron chi connectivity index (χ4n) is 1.22. The molecular formula is C12H8Br2N2O. The Hall–Kier alpha value is -1.20. The number of nitrogens with zero attached hydrogens (tertiary/aromatic N) is 2. The molecule has 0 radical (unpaired) electrons. The first kappa shape index (κ1) is 12.3. The van der Waals surface area contributed by atoms with Gasteiger partial charge in [0.15, 0.2) is 0 Å². The van der Waals surface area contributed by atoms with E-state index in [2.05, 4.69) is 42.1 Å². The Morgan fingerprint density at radius 2 is 1.35 bits per heavy atom. The zero-order chi connectivity index (χ0) is 12.3. The van der Waals surface area contributed by atoms with Gasteiger partial charge in [-0.3, -0.25) is 0 Å². The fraction of sp³-hybridized carbons (Fsp3) is 0. The Morgan fingerprint density at radius 1 is 0.824 bits per heavy atom. The zero-order valence-corrected chi connectivity index (χ0v) is 11.8. The topological polar surface area (TPSA) is 45.0 Å². The predicted molar refractivity (Wildman–Crippen MR) is 74.1 cm³/mol. The first-order chi connectivity index (χ1) is 8.16. The lowest BCUT2D eigenvalue weighted by Crippen LogP contribution is -1.72. The van der Waals surface area contributed by atoms with Crippen molar-refractivity contribution in [3.63, 3.8) is 0 Å². The highest BCUT2D eigenvalue weighted by Crippen LogP contribution is 2.36. The molecule has 0 aliphatic carbocycles. The lowest BCUT2D eigenvalue weighted by molar-refractivity contribution is 0.468. The quantitative estimate of drug-likeness (QED) is 0.726. The Bertz CT molecular complexity index is 533. The van der Waals surface area contributed by atoms with E-state index in [0.717, 1.165) is 5.69 Å². The normalized spacial score (nSPS) is 10.9. The van der Waals surface area contributed by atoms with Crippen LogP contribution in [0.1, 0.15) is 0 Å². The van der Waals surface area contributed by atoms with Gasteiger partial charge in [0, 0.05) is 0 Å². The van der Waals surface area contributed by atoms with Crippen molar-refractivity contribution in [1.82, 2.24) is 0 Å². The van der Waals surface area contributed by atoms with E-state index in [9.17, 15) is 5.11 Å². The van der Waals surface area contributed by atoms with Crippen molar-refractivity contribution >= 4 is 43.2 Å². The van der Waals surface area contributed by atoms with Crippen LogP contribution < -0.4 is 0 Å². The van der Waals surface area contributed by atoms with Gasteiger partial charge in [-0.05, 0) is 56.1 Å². The van der Waals surface area contributed by atoms with Crippen LogP contribution in [0.25, 0.3) is 0 Å². The first-order valence-corrected chi connectivity index (χ1v) is 6.40. The Kier molecular flexibility index (Phi) is 3.91. The van der Waals surface area contributed by atoms with Crippen LogP contribution >= 0.6 is 31.9 Å². The summed E-state index contributed by atoms with van der Waals surface area (Å²) in [6, 6.07) is 12.9. The summed E-state index contributed by atoms with van der Waals surface area (Å²) in [5.74, 6) is 0.156. The smallest absolute Gasteiger partial charge is 0.144 e. The van der Waals surface area contributed by atoms with Gasteiger partial charge < -0.3 is 5.11 Å². The van der Waals surface area contributed by atoms with Crippen LogP contribution in [0, 0.1) is 0 Å². The van der Waals surface area contributed by atoms with Gasteiger partial charge in [-0.2, -0.15) is 10.2 Å². The molecule has 86 valence electrons. The van der Waals surface area contributed by atoms with Gasteiger partial charge in [-0.25, -0.2) is 0 Å². The second kappa shape index (κ2) is 5.42. The number of rotatable bonds is 2. The third-order valence-corrected chi connectivity index (χ3v) is 3.25. The van der Waals surface area contributed by atoms with Crippen LogP contribution in [-0.4, -0.2) is 5.11 Å². The number of hydrogen-bond donors (Lipinski definition) is 1. The van der Waals surface area contributed by atoms with Gasteiger partial charge in [0.1, 0.15) is 5.75 Å². The minimum Gasteiger partial charge on any atom is -0.506 e. The van der Waals surface area contributed by atoms with E-state index in [-0.39, 0.29) is 5.75 Å². The summed E-state index contributed by atoms with van der Waals surface area (Å²) in [6.07, 6.45) is 0. The molecule has 2 aromatic rings. The maximum atomic E-state index is 9.55. The molecule has 0 spiro atoms. The highest BCUT2D eigenvalue weighted by atomic mass is 79.9. The SMILES string of the molecule is Oc1c(Br)cc(N=Nc2ccccc2)cc1Br. The second-order valence-electron chi connectivity index (χ2n) is 3.29. The van der Waals surface area contributed by atoms with Crippen LogP contribution in [0.4, 0.5) is 11.4 Å². The van der Waals surface area contributed by atoms with Gasteiger partial charge >= 0.3 is 0 Å². The van der Waals surface area contributed by atoms with Crippen molar-refractivity contribution in [2.75, 3.05) is 0 Å². The molecule has 0 aliphatic rings. The van der Waals surface area contributed by atoms with E-state index in [1.165, 1.54) is 0 Å². The highest BCUT2D eigenvalue weighted by Gasteiger charge is 2.05. The summed E-state index contributed by atoms with van der Waals surface area (Å²) in [6.45, 7) is 0. The number of phenolic OH excluding ortho intramolecular Hbond substituents is 1. The summed E-state index contributed by atoms with van der Waals surface area (Å²) in [5, 5.41) is 17.7. The van der Waals surface area contributed by atoms with Crippen LogP contribution in [0.5, 0.6) is 5.75 Å². The standard InChI is InChI=1S/C12H8Br2N2O/c13-10-6-9(7-11(14)12(10)17)16-15-8-4-2-1-3-5-8/h1-7,17H. The molecule has 2 rings (SSSR count). The van der Waals surface area contributed by atoms with Gasteiger partial charge in [0.25, 0.3) is 0 Å². The monoisotopic (exact) mass is 354 g/mol. The molecule has 0 amide bonds. The molecule has 1 N–H and O–H groups in total. The number of phenols is 1. The lowest BCUT2D eigenvalue weighted by Gasteiger charge is -2.01. The van der Waals surface area contributed by atoms with Gasteiger partial charge in [0.2, 0.25) is 0 Å². The van der Waals surface area contributed by atoms with Gasteiger partial charge in [0.05, 0.1) is 20.3 Å². The van der Waals surface area contributed by atoms with E-state index in [0.29, 0.717) is 14.6 Å². The summed E-state index contributed by atoms with van der Waals surface area (Å²) in [7, 11) is 0. The lowest BCUT2D eigenvalue weighted by atomic mass is 10.3. The van der Waals surface area contributed by atoms with Crippen molar-refractivity contribution in [1.29, 1.82) is 0 Å². The molecule has 0 aliphatic heterocycles. The molecule has 2 aromatic carbocycles. The van der Waals surface area contributed by atoms with Crippen LogP contribution in [0.2, 0.25) is 0 Å². The van der Waals surface area contributed by atoms with Crippen molar-refractivity contribution in [3.05, 3.63) is 51.4 Å². The minimum absolute atomic E-state index is 0.156. The van der Waals surface area contributed by atoms with Crippen LogP contribution in [0.3, 0.4) is 0 Å². The molecule has 0 aromatic heterocycles. The number of azo groups is 1. The van der Waals surface area contributed by atoms with E-state index < -0.39 is 0 Å². The van der Waals surface area contributed by atoms with Crippen molar-refractivity contribution < 1.29 is 5.11 Å².